The maximum atomic E-state index is 12.5. The summed E-state index contributed by atoms with van der Waals surface area (Å²) in [5, 5.41) is 3.19. The third-order valence-electron chi connectivity index (χ3n) is 3.53. The molecule has 0 spiro atoms. The molecule has 116 valence electrons. The van der Waals surface area contributed by atoms with Crippen LogP contribution in [0.4, 0.5) is 5.82 Å². The lowest BCUT2D eigenvalue weighted by Gasteiger charge is -2.08. The minimum Gasteiger partial charge on any atom is -0.309 e. The number of anilines is 1. The minimum absolute atomic E-state index is 0.106. The number of carbonyl (C=O) groups excluding carboxylic acids is 1. The predicted molar refractivity (Wildman–Crippen MR) is 88.3 cm³/mol. The molecular weight excluding hydrogens is 292 g/mol. The van der Waals surface area contributed by atoms with Gasteiger partial charge in [0.05, 0.1) is 17.2 Å². The van der Waals surface area contributed by atoms with Gasteiger partial charge in [0.25, 0.3) is 5.56 Å². The van der Waals surface area contributed by atoms with E-state index in [4.69, 9.17) is 0 Å². The van der Waals surface area contributed by atoms with E-state index in [1.54, 1.807) is 12.1 Å². The lowest BCUT2D eigenvalue weighted by Crippen LogP contribution is -2.28. The van der Waals surface area contributed by atoms with Crippen molar-refractivity contribution in [3.63, 3.8) is 0 Å². The molecule has 0 aliphatic heterocycles. The average Bonchev–Trinajstić information content (AvgIpc) is 2.51. The van der Waals surface area contributed by atoms with Gasteiger partial charge in [-0.3, -0.25) is 14.2 Å². The predicted octanol–water partition coefficient (Wildman–Crippen LogP) is 2.05. The fraction of sp³-hybridized carbons (Fsp3) is 0.176. The quantitative estimate of drug-likeness (QED) is 0.803. The summed E-state index contributed by atoms with van der Waals surface area (Å²) in [5.41, 5.74) is 2.17. The number of fused-ring (bicyclic) bond motifs is 1. The molecule has 0 unspecified atom stereocenters. The first kappa shape index (κ1) is 14.9. The van der Waals surface area contributed by atoms with Crippen molar-refractivity contribution in [2.75, 3.05) is 5.32 Å². The van der Waals surface area contributed by atoms with Crippen LogP contribution in [0.1, 0.15) is 11.3 Å². The first-order valence-corrected chi connectivity index (χ1v) is 7.23. The van der Waals surface area contributed by atoms with Crippen LogP contribution in [0.5, 0.6) is 0 Å². The summed E-state index contributed by atoms with van der Waals surface area (Å²) in [6, 6.07) is 10.8. The van der Waals surface area contributed by atoms with Gasteiger partial charge in [-0.1, -0.05) is 18.2 Å². The fourth-order valence-electron chi connectivity index (χ4n) is 2.40. The zero-order valence-corrected chi connectivity index (χ0v) is 12.9. The van der Waals surface area contributed by atoms with Gasteiger partial charge in [0.2, 0.25) is 5.91 Å². The van der Waals surface area contributed by atoms with Crippen LogP contribution in [0.2, 0.25) is 0 Å². The van der Waals surface area contributed by atoms with Crippen molar-refractivity contribution in [1.82, 2.24) is 14.5 Å². The number of aromatic nitrogens is 3. The molecule has 3 aromatic rings. The Morgan fingerprint density at radius 2 is 1.96 bits per heavy atom. The van der Waals surface area contributed by atoms with Gasteiger partial charge in [-0.25, -0.2) is 9.97 Å². The molecule has 2 heterocycles. The summed E-state index contributed by atoms with van der Waals surface area (Å²) in [6.07, 6.45) is 1.40. The Hall–Kier alpha value is -3.02. The topological polar surface area (TPSA) is 76.9 Å². The second-order valence-corrected chi connectivity index (χ2v) is 5.36. The van der Waals surface area contributed by atoms with Crippen LogP contribution in [-0.2, 0) is 11.3 Å². The Kier molecular flexibility index (Phi) is 3.89. The van der Waals surface area contributed by atoms with E-state index in [9.17, 15) is 9.59 Å². The summed E-state index contributed by atoms with van der Waals surface area (Å²) in [5.74, 6) is 0.145. The monoisotopic (exact) mass is 308 g/mol. The molecule has 1 amide bonds. The van der Waals surface area contributed by atoms with Gasteiger partial charge in [-0.05, 0) is 37.6 Å². The summed E-state index contributed by atoms with van der Waals surface area (Å²) in [4.78, 5) is 33.0. The summed E-state index contributed by atoms with van der Waals surface area (Å²) < 4.78 is 1.30. The molecule has 1 aromatic carbocycles. The number of rotatable bonds is 3. The molecule has 0 radical (unpaired) electrons. The molecule has 0 saturated heterocycles. The van der Waals surface area contributed by atoms with Gasteiger partial charge in [0.1, 0.15) is 12.4 Å². The van der Waals surface area contributed by atoms with Crippen molar-refractivity contribution in [2.24, 2.45) is 0 Å². The molecule has 1 N–H and O–H groups in total. The smallest absolute Gasteiger partial charge is 0.261 e. The lowest BCUT2D eigenvalue weighted by atomic mass is 10.1. The normalized spacial score (nSPS) is 10.7. The van der Waals surface area contributed by atoms with Crippen molar-refractivity contribution >= 4 is 22.6 Å². The number of nitrogens with zero attached hydrogens (tertiary/aromatic N) is 3. The van der Waals surface area contributed by atoms with E-state index in [2.05, 4.69) is 15.3 Å². The third-order valence-corrected chi connectivity index (χ3v) is 3.53. The number of pyridine rings is 1. The molecule has 6 nitrogen and oxygen atoms in total. The van der Waals surface area contributed by atoms with Crippen molar-refractivity contribution in [3.8, 4) is 0 Å². The third kappa shape index (κ3) is 3.11. The molecule has 0 saturated carbocycles. The number of benzene rings is 1. The minimum atomic E-state index is -0.320. The zero-order valence-electron chi connectivity index (χ0n) is 12.9. The number of para-hydroxylation sites is 1. The van der Waals surface area contributed by atoms with E-state index >= 15 is 0 Å². The Labute approximate surface area is 132 Å². The van der Waals surface area contributed by atoms with Crippen molar-refractivity contribution < 1.29 is 4.79 Å². The fourth-order valence-corrected chi connectivity index (χ4v) is 2.40. The second-order valence-electron chi connectivity index (χ2n) is 5.36. The number of hydrogen-bond donors (Lipinski definition) is 1. The van der Waals surface area contributed by atoms with Crippen molar-refractivity contribution in [2.45, 2.75) is 20.4 Å². The van der Waals surface area contributed by atoms with E-state index in [1.807, 2.05) is 38.1 Å². The maximum absolute atomic E-state index is 12.5. The highest BCUT2D eigenvalue weighted by Crippen LogP contribution is 2.11. The summed E-state index contributed by atoms with van der Waals surface area (Å²) >= 11 is 0. The van der Waals surface area contributed by atoms with Gasteiger partial charge in [0.15, 0.2) is 0 Å². The Bertz CT molecular complexity index is 947. The number of nitrogens with one attached hydrogen (secondary N) is 1. The second kappa shape index (κ2) is 6.00. The highest BCUT2D eigenvalue weighted by atomic mass is 16.2. The van der Waals surface area contributed by atoms with Crippen LogP contribution in [0.25, 0.3) is 10.9 Å². The standard InChI is InChI=1S/C17H16N4O2/c1-11-5-3-7-13-16(11)18-10-21(17(13)23)9-15(22)20-14-8-4-6-12(2)19-14/h3-8,10H,9H2,1-2H3,(H,19,20,22). The van der Waals surface area contributed by atoms with Crippen LogP contribution in [0.3, 0.4) is 0 Å². The van der Waals surface area contributed by atoms with Gasteiger partial charge < -0.3 is 5.32 Å². The van der Waals surface area contributed by atoms with E-state index in [0.717, 1.165) is 11.3 Å². The number of amides is 1. The molecule has 0 bridgehead atoms. The number of carbonyl (C=O) groups is 1. The highest BCUT2D eigenvalue weighted by molar-refractivity contribution is 5.89. The molecule has 0 fully saturated rings. The Morgan fingerprint density at radius 1 is 1.17 bits per heavy atom. The van der Waals surface area contributed by atoms with E-state index in [1.165, 1.54) is 10.9 Å². The average molecular weight is 308 g/mol. The van der Waals surface area contributed by atoms with Gasteiger partial charge in [-0.15, -0.1) is 0 Å². The first-order chi connectivity index (χ1) is 11.0. The molecule has 6 heteroatoms. The SMILES string of the molecule is Cc1cccc(NC(=O)Cn2cnc3c(C)cccc3c2=O)n1. The molecular formula is C17H16N4O2. The van der Waals surface area contributed by atoms with Gasteiger partial charge >= 0.3 is 0 Å². The molecule has 0 aliphatic rings. The van der Waals surface area contributed by atoms with Crippen molar-refractivity contribution in [3.05, 3.63) is 64.3 Å². The van der Waals surface area contributed by atoms with Gasteiger partial charge in [-0.2, -0.15) is 0 Å². The molecule has 3 rings (SSSR count). The van der Waals surface area contributed by atoms with Crippen molar-refractivity contribution in [1.29, 1.82) is 0 Å². The van der Waals surface area contributed by atoms with E-state index < -0.39 is 0 Å². The largest absolute Gasteiger partial charge is 0.309 e. The summed E-state index contributed by atoms with van der Waals surface area (Å²) in [6.45, 7) is 3.64. The molecule has 23 heavy (non-hydrogen) atoms. The van der Waals surface area contributed by atoms with Crippen LogP contribution >= 0.6 is 0 Å². The molecule has 0 atom stereocenters. The summed E-state index contributed by atoms with van der Waals surface area (Å²) in [7, 11) is 0. The number of aryl methyl sites for hydroxylation is 2. The van der Waals surface area contributed by atoms with E-state index in [0.29, 0.717) is 16.7 Å². The van der Waals surface area contributed by atoms with Crippen LogP contribution in [0, 0.1) is 13.8 Å². The number of hydrogen-bond acceptors (Lipinski definition) is 4. The molecule has 2 aromatic heterocycles. The van der Waals surface area contributed by atoms with Gasteiger partial charge in [0, 0.05) is 5.69 Å². The van der Waals surface area contributed by atoms with Crippen LogP contribution < -0.4 is 10.9 Å². The zero-order chi connectivity index (χ0) is 16.4. The van der Waals surface area contributed by atoms with E-state index in [-0.39, 0.29) is 18.0 Å². The highest BCUT2D eigenvalue weighted by Gasteiger charge is 2.10. The van der Waals surface area contributed by atoms with Crippen LogP contribution in [-0.4, -0.2) is 20.4 Å². The Balaban J connectivity index is 1.85. The first-order valence-electron chi connectivity index (χ1n) is 7.23. The maximum Gasteiger partial charge on any atom is 0.261 e. The molecule has 0 aliphatic carbocycles. The Morgan fingerprint density at radius 3 is 2.74 bits per heavy atom. The lowest BCUT2D eigenvalue weighted by molar-refractivity contribution is -0.116. The van der Waals surface area contributed by atoms with Crippen LogP contribution in [0.15, 0.2) is 47.5 Å².